The molecule has 3 N–H and O–H groups in total. The van der Waals surface area contributed by atoms with E-state index in [1.807, 2.05) is 20.8 Å². The fourth-order valence-corrected chi connectivity index (χ4v) is 3.04. The first-order chi connectivity index (χ1) is 11.2. The first-order valence-corrected chi connectivity index (χ1v) is 12.1. The van der Waals surface area contributed by atoms with Gasteiger partial charge in [0.25, 0.3) is 0 Å². The monoisotopic (exact) mass is 435 g/mol. The van der Waals surface area contributed by atoms with E-state index in [9.17, 15) is 4.79 Å². The lowest BCUT2D eigenvalue weighted by atomic mass is 10.2. The number of hydrogen-bond acceptors (Lipinski definition) is 5. The summed E-state index contributed by atoms with van der Waals surface area (Å²) in [4.78, 5) is 16.3. The second-order valence-electron chi connectivity index (χ2n) is 8.43. The lowest BCUT2D eigenvalue weighted by Crippen LogP contribution is -2.48. The van der Waals surface area contributed by atoms with Gasteiger partial charge in [-0.25, -0.2) is 4.79 Å². The van der Waals surface area contributed by atoms with E-state index in [4.69, 9.17) is 14.9 Å². The van der Waals surface area contributed by atoms with Gasteiger partial charge in [0.2, 0.25) is 0 Å². The number of allylic oxidation sites excluding steroid dienone is 1. The fraction of sp³-hybridized carbons (Fsp3) is 0.765. The SMILES string of the molecule is CC(C)(C)OC(=O)NC[C@@H](CN=CC(Br)=CN)O[Si](C)(C)C(C)(C)C. The third-order valence-corrected chi connectivity index (χ3v) is 8.83. The van der Waals surface area contributed by atoms with Crippen molar-refractivity contribution in [2.75, 3.05) is 13.1 Å². The van der Waals surface area contributed by atoms with E-state index in [1.54, 1.807) is 6.21 Å². The van der Waals surface area contributed by atoms with Crippen molar-refractivity contribution in [2.24, 2.45) is 10.7 Å². The normalized spacial score (nSPS) is 15.3. The Hall–Kier alpha value is -0.863. The van der Waals surface area contributed by atoms with Gasteiger partial charge in [0.05, 0.1) is 17.1 Å². The fourth-order valence-electron chi connectivity index (χ4n) is 1.55. The van der Waals surface area contributed by atoms with E-state index >= 15 is 0 Å². The molecule has 0 aliphatic heterocycles. The quantitative estimate of drug-likeness (QED) is 0.463. The molecule has 0 rings (SSSR count). The van der Waals surface area contributed by atoms with Crippen LogP contribution in [0.5, 0.6) is 0 Å². The molecule has 0 unspecified atom stereocenters. The summed E-state index contributed by atoms with van der Waals surface area (Å²) >= 11 is 3.28. The van der Waals surface area contributed by atoms with Crippen molar-refractivity contribution in [1.82, 2.24) is 5.32 Å². The van der Waals surface area contributed by atoms with Crippen LogP contribution in [0.15, 0.2) is 15.7 Å². The molecule has 0 heterocycles. The Kier molecular flexibility index (Phi) is 9.39. The zero-order valence-corrected chi connectivity index (χ0v) is 19.4. The number of nitrogens with two attached hydrogens (primary N) is 1. The maximum Gasteiger partial charge on any atom is 0.407 e. The average Bonchev–Trinajstić information content (AvgIpc) is 2.40. The Labute approximate surface area is 161 Å². The Bertz CT molecular complexity index is 494. The highest BCUT2D eigenvalue weighted by Gasteiger charge is 2.39. The van der Waals surface area contributed by atoms with Crippen LogP contribution in [-0.4, -0.2) is 45.4 Å². The van der Waals surface area contributed by atoms with Gasteiger partial charge in [-0.1, -0.05) is 20.8 Å². The Morgan fingerprint density at radius 2 is 1.84 bits per heavy atom. The van der Waals surface area contributed by atoms with Gasteiger partial charge in [-0.05, 0) is 54.8 Å². The molecule has 0 aliphatic carbocycles. The van der Waals surface area contributed by atoms with Crippen molar-refractivity contribution in [1.29, 1.82) is 0 Å². The molecule has 0 radical (unpaired) electrons. The van der Waals surface area contributed by atoms with Crippen LogP contribution in [0.4, 0.5) is 4.79 Å². The number of alkyl carbamates (subject to hydrolysis) is 1. The van der Waals surface area contributed by atoms with Gasteiger partial charge >= 0.3 is 6.09 Å². The molecular weight excluding hydrogens is 402 g/mol. The highest BCUT2D eigenvalue weighted by atomic mass is 79.9. The van der Waals surface area contributed by atoms with Crippen LogP contribution in [0.1, 0.15) is 41.5 Å². The minimum Gasteiger partial charge on any atom is -0.444 e. The van der Waals surface area contributed by atoms with Crippen LogP contribution < -0.4 is 11.1 Å². The maximum absolute atomic E-state index is 11.9. The maximum atomic E-state index is 11.9. The van der Waals surface area contributed by atoms with E-state index in [-0.39, 0.29) is 11.1 Å². The van der Waals surface area contributed by atoms with Crippen molar-refractivity contribution in [3.05, 3.63) is 10.7 Å². The van der Waals surface area contributed by atoms with Crippen LogP contribution in [0.3, 0.4) is 0 Å². The van der Waals surface area contributed by atoms with Crippen LogP contribution in [-0.2, 0) is 9.16 Å². The number of carbonyl (C=O) groups excluding carboxylic acids is 1. The Balaban J connectivity index is 4.96. The second-order valence-corrected chi connectivity index (χ2v) is 14.1. The number of ether oxygens (including phenoxy) is 1. The van der Waals surface area contributed by atoms with Gasteiger partial charge in [0.15, 0.2) is 8.32 Å². The van der Waals surface area contributed by atoms with Crippen molar-refractivity contribution in [2.45, 2.75) is 71.4 Å². The summed E-state index contributed by atoms with van der Waals surface area (Å²) < 4.78 is 12.4. The van der Waals surface area contributed by atoms with Gasteiger partial charge < -0.3 is 20.2 Å². The number of amides is 1. The number of halogens is 1. The van der Waals surface area contributed by atoms with Gasteiger partial charge in [-0.3, -0.25) is 4.99 Å². The lowest BCUT2D eigenvalue weighted by Gasteiger charge is -2.39. The molecule has 1 amide bonds. The minimum atomic E-state index is -1.99. The minimum absolute atomic E-state index is 0.0681. The molecule has 0 spiro atoms. The highest BCUT2D eigenvalue weighted by molar-refractivity contribution is 9.12. The molecular formula is C17H34BrN3O3Si. The molecule has 0 fully saturated rings. The molecule has 6 nitrogen and oxygen atoms in total. The summed E-state index contributed by atoms with van der Waals surface area (Å²) in [6.45, 7) is 17.1. The van der Waals surface area contributed by atoms with Crippen LogP contribution in [0.2, 0.25) is 18.1 Å². The second kappa shape index (κ2) is 9.73. The number of aliphatic imine (C=N–C) groups is 1. The van der Waals surface area contributed by atoms with Crippen molar-refractivity contribution < 1.29 is 14.0 Å². The first kappa shape index (κ1) is 24.1. The lowest BCUT2D eigenvalue weighted by molar-refractivity contribution is 0.0499. The number of hydrogen-bond donors (Lipinski definition) is 2. The Morgan fingerprint density at radius 1 is 1.28 bits per heavy atom. The van der Waals surface area contributed by atoms with Crippen LogP contribution in [0, 0.1) is 0 Å². The van der Waals surface area contributed by atoms with E-state index in [2.05, 4.69) is 60.1 Å². The van der Waals surface area contributed by atoms with Crippen molar-refractivity contribution in [3.8, 4) is 0 Å². The van der Waals surface area contributed by atoms with Crippen LogP contribution >= 0.6 is 15.9 Å². The summed E-state index contributed by atoms with van der Waals surface area (Å²) in [6.07, 6.45) is 2.37. The summed E-state index contributed by atoms with van der Waals surface area (Å²) in [6, 6.07) is 0. The predicted molar refractivity (Wildman–Crippen MR) is 111 cm³/mol. The summed E-state index contributed by atoms with van der Waals surface area (Å²) in [5, 5.41) is 2.84. The number of nitrogens with zero attached hydrogens (tertiary/aromatic N) is 1. The number of nitrogens with one attached hydrogen (secondary N) is 1. The standard InChI is InChI=1S/C17H34BrN3O3Si/c1-16(2,3)23-15(22)21-12-14(11-20-10-13(18)9-19)24-25(7,8)17(4,5)6/h9-10,14H,11-12,19H2,1-8H3,(H,21,22)/t14-/m1/s1. The molecule has 8 heteroatoms. The summed E-state index contributed by atoms with van der Waals surface area (Å²) in [7, 11) is -1.99. The molecule has 146 valence electrons. The molecule has 0 aromatic carbocycles. The number of carbonyl (C=O) groups is 1. The first-order valence-electron chi connectivity index (χ1n) is 8.40. The average molecular weight is 436 g/mol. The molecule has 0 saturated carbocycles. The van der Waals surface area contributed by atoms with E-state index in [1.165, 1.54) is 6.20 Å². The van der Waals surface area contributed by atoms with Gasteiger partial charge in [0, 0.05) is 19.0 Å². The predicted octanol–water partition coefficient (Wildman–Crippen LogP) is 4.17. The Morgan fingerprint density at radius 3 is 2.28 bits per heavy atom. The molecule has 0 bridgehead atoms. The molecule has 1 atom stereocenters. The van der Waals surface area contributed by atoms with Crippen molar-refractivity contribution >= 4 is 36.6 Å². The molecule has 25 heavy (non-hydrogen) atoms. The van der Waals surface area contributed by atoms with E-state index in [0.29, 0.717) is 17.6 Å². The summed E-state index contributed by atoms with van der Waals surface area (Å²) in [5.41, 5.74) is 4.87. The third kappa shape index (κ3) is 10.7. The van der Waals surface area contributed by atoms with E-state index < -0.39 is 20.0 Å². The number of rotatable bonds is 7. The molecule has 0 aromatic heterocycles. The highest BCUT2D eigenvalue weighted by Crippen LogP contribution is 2.37. The zero-order chi connectivity index (χ0) is 19.9. The van der Waals surface area contributed by atoms with Crippen molar-refractivity contribution in [3.63, 3.8) is 0 Å². The van der Waals surface area contributed by atoms with Gasteiger partial charge in [-0.2, -0.15) is 0 Å². The topological polar surface area (TPSA) is 85.9 Å². The van der Waals surface area contributed by atoms with E-state index in [0.717, 1.165) is 0 Å². The van der Waals surface area contributed by atoms with Crippen LogP contribution in [0.25, 0.3) is 0 Å². The molecule has 0 aromatic rings. The zero-order valence-electron chi connectivity index (χ0n) is 16.8. The smallest absolute Gasteiger partial charge is 0.407 e. The summed E-state index contributed by atoms with van der Waals surface area (Å²) in [5.74, 6) is 0. The van der Waals surface area contributed by atoms with Gasteiger partial charge in [-0.15, -0.1) is 0 Å². The molecule has 0 aliphatic rings. The largest absolute Gasteiger partial charge is 0.444 e. The van der Waals surface area contributed by atoms with Gasteiger partial charge in [0.1, 0.15) is 5.60 Å². The molecule has 0 saturated heterocycles. The third-order valence-electron chi connectivity index (χ3n) is 3.82.